The second-order valence-corrected chi connectivity index (χ2v) is 15.3. The second-order valence-electron chi connectivity index (χ2n) is 15.3. The maximum absolute atomic E-state index is 14.1. The van der Waals surface area contributed by atoms with Crippen molar-refractivity contribution < 1.29 is 43.2 Å². The molecule has 6 aromatic carbocycles. The molecule has 14 nitrogen and oxygen atoms in total. The zero-order valence-electron chi connectivity index (χ0n) is 35.8. The summed E-state index contributed by atoms with van der Waals surface area (Å²) in [7, 11) is 3.17. The third-order valence-corrected chi connectivity index (χ3v) is 11.4. The molecule has 9 rings (SSSR count). The van der Waals surface area contributed by atoms with Crippen molar-refractivity contribution in [2.75, 3.05) is 26.1 Å². The maximum atomic E-state index is 14.1. The van der Waals surface area contributed by atoms with Crippen LogP contribution in [-0.4, -0.2) is 81.4 Å². The first-order valence-corrected chi connectivity index (χ1v) is 21.1. The van der Waals surface area contributed by atoms with E-state index in [0.29, 0.717) is 33.8 Å². The molecule has 0 spiro atoms. The first-order chi connectivity index (χ1) is 32.3. The van der Waals surface area contributed by atoms with E-state index < -0.39 is 47.8 Å². The van der Waals surface area contributed by atoms with E-state index in [0.717, 1.165) is 5.56 Å². The number of nitrogens with zero attached hydrogens (tertiary/aromatic N) is 4. The molecule has 0 radical (unpaired) electrons. The molecule has 4 atom stereocenters. The summed E-state index contributed by atoms with van der Waals surface area (Å²) >= 11 is 0. The quantitative estimate of drug-likeness (QED) is 0.0617. The molecule has 1 fully saturated rings. The largest absolute Gasteiger partial charge is 0.497 e. The number of fused-ring (bicyclic) bond motifs is 1. The predicted octanol–water partition coefficient (Wildman–Crippen LogP) is 7.82. The Morgan fingerprint density at radius 3 is 1.74 bits per heavy atom. The zero-order valence-corrected chi connectivity index (χ0v) is 35.8. The normalized spacial score (nSPS) is 17.1. The second kappa shape index (κ2) is 19.0. The molecule has 0 bridgehead atoms. The highest BCUT2D eigenvalue weighted by molar-refractivity contribution is 6.10. The molecule has 1 aliphatic rings. The summed E-state index contributed by atoms with van der Waals surface area (Å²) in [6.07, 6.45) is -4.11. The van der Waals surface area contributed by atoms with E-state index in [9.17, 15) is 19.5 Å². The fourth-order valence-corrected chi connectivity index (χ4v) is 8.06. The van der Waals surface area contributed by atoms with E-state index in [1.807, 2.05) is 78.9 Å². The lowest BCUT2D eigenvalue weighted by Gasteiger charge is -2.45. The zero-order chi connectivity index (χ0) is 45.6. The van der Waals surface area contributed by atoms with Crippen LogP contribution in [0.3, 0.4) is 0 Å². The number of rotatable bonds is 14. The van der Waals surface area contributed by atoms with Gasteiger partial charge in [-0.1, -0.05) is 121 Å². The number of aliphatic hydroxyl groups is 1. The number of anilines is 1. The maximum Gasteiger partial charge on any atom is 0.338 e. The first-order valence-electron chi connectivity index (χ1n) is 21.1. The van der Waals surface area contributed by atoms with Crippen molar-refractivity contribution in [3.63, 3.8) is 0 Å². The van der Waals surface area contributed by atoms with E-state index in [2.05, 4.69) is 20.3 Å². The van der Waals surface area contributed by atoms with E-state index >= 15 is 0 Å². The number of aliphatic hydroxyl groups excluding tert-OH is 1. The van der Waals surface area contributed by atoms with Crippen LogP contribution in [0, 0.1) is 0 Å². The summed E-state index contributed by atoms with van der Waals surface area (Å²) in [5.74, 6) is -0.785. The minimum Gasteiger partial charge on any atom is -0.497 e. The SMILES string of the molecule is COc1ccc(C(O[C@@H]2COC(n3cnc4c(NC(=O)c5ccccc5)nc(C(=O)c5ccccc5)nc43)[C@H](O)[C@@H]2OC(=O)c2ccccc2)(c2ccccc2)c2ccc(OC)cc2)cc1. The van der Waals surface area contributed by atoms with Gasteiger partial charge < -0.3 is 34.1 Å². The number of imidazole rings is 1. The first kappa shape index (κ1) is 43.2. The molecular weight excluding hydrogens is 839 g/mol. The van der Waals surface area contributed by atoms with Crippen LogP contribution >= 0.6 is 0 Å². The van der Waals surface area contributed by atoms with Crippen LogP contribution in [0.2, 0.25) is 0 Å². The van der Waals surface area contributed by atoms with Crippen molar-refractivity contribution in [3.05, 3.63) is 215 Å². The molecule has 0 aliphatic carbocycles. The number of benzene rings is 6. The Labute approximate surface area is 379 Å². The van der Waals surface area contributed by atoms with Crippen LogP contribution in [0.25, 0.3) is 11.2 Å². The minimum atomic E-state index is -1.64. The number of esters is 1. The summed E-state index contributed by atoms with van der Waals surface area (Å²) in [5, 5.41) is 15.4. The third kappa shape index (κ3) is 8.51. The number of ketones is 1. The van der Waals surface area contributed by atoms with Crippen LogP contribution in [0.4, 0.5) is 5.82 Å². The fraction of sp³-hybridized carbons (Fsp3) is 0.154. The van der Waals surface area contributed by atoms with Gasteiger partial charge in [0.1, 0.15) is 29.3 Å². The Morgan fingerprint density at radius 1 is 0.667 bits per heavy atom. The van der Waals surface area contributed by atoms with Crippen LogP contribution < -0.4 is 14.8 Å². The molecular formula is C52H43N5O9. The Kier molecular flexibility index (Phi) is 12.4. The van der Waals surface area contributed by atoms with Gasteiger partial charge in [0, 0.05) is 11.1 Å². The van der Waals surface area contributed by atoms with Gasteiger partial charge in [-0.05, 0) is 65.2 Å². The van der Waals surface area contributed by atoms with Gasteiger partial charge in [0.25, 0.3) is 5.91 Å². The lowest BCUT2D eigenvalue weighted by atomic mass is 9.79. The van der Waals surface area contributed by atoms with Crippen LogP contribution in [0.5, 0.6) is 11.5 Å². The number of amides is 1. The number of hydrogen-bond acceptors (Lipinski definition) is 12. The number of methoxy groups -OCH3 is 2. The van der Waals surface area contributed by atoms with E-state index in [4.69, 9.17) is 23.7 Å². The standard InChI is InChI=1S/C52H43N5O9/c1-62-39-27-23-37(24-28-39)52(36-21-13-6-14-22-36,38-25-29-40(63-2)30-26-38)66-41-31-64-50(44(59)45(41)65-51(61)35-19-11-5-12-20-35)57-32-53-42-46(56-49(60)34-17-9-4-10-18-34)54-47(55-48(42)57)43(58)33-15-7-3-8-16-33/h3-30,32,41,44-45,50,59H,31H2,1-2H3,(H,54,55,56,60)/t41-,44-,45-,50?/m1/s1. The molecule has 1 unspecified atom stereocenters. The number of carbonyl (C=O) groups is 3. The van der Waals surface area contributed by atoms with Crippen LogP contribution in [0.15, 0.2) is 176 Å². The van der Waals surface area contributed by atoms with Crippen molar-refractivity contribution in [1.29, 1.82) is 0 Å². The van der Waals surface area contributed by atoms with Crippen molar-refractivity contribution in [1.82, 2.24) is 19.5 Å². The molecule has 0 saturated carbocycles. The minimum absolute atomic E-state index is 0.0444. The lowest BCUT2D eigenvalue weighted by Crippen LogP contribution is -2.56. The predicted molar refractivity (Wildman–Crippen MR) is 243 cm³/mol. The average Bonchev–Trinajstić information content (AvgIpc) is 3.81. The van der Waals surface area contributed by atoms with Gasteiger partial charge in [-0.3, -0.25) is 14.2 Å². The molecule has 330 valence electrons. The van der Waals surface area contributed by atoms with Crippen molar-refractivity contribution in [2.45, 2.75) is 30.1 Å². The van der Waals surface area contributed by atoms with Gasteiger partial charge in [0.2, 0.25) is 11.6 Å². The number of aromatic nitrogens is 4. The molecule has 1 amide bonds. The molecule has 2 aromatic heterocycles. The fourth-order valence-electron chi connectivity index (χ4n) is 8.06. The summed E-state index contributed by atoms with van der Waals surface area (Å²) in [5.41, 5.74) is 1.78. The summed E-state index contributed by atoms with van der Waals surface area (Å²) in [6, 6.07) is 49.8. The van der Waals surface area contributed by atoms with E-state index in [1.54, 1.807) is 105 Å². The highest BCUT2D eigenvalue weighted by Gasteiger charge is 2.50. The number of nitrogens with one attached hydrogen (secondary N) is 1. The highest BCUT2D eigenvalue weighted by Crippen LogP contribution is 2.45. The molecule has 1 aliphatic heterocycles. The molecule has 1 saturated heterocycles. The van der Waals surface area contributed by atoms with Gasteiger partial charge in [0.05, 0.1) is 32.7 Å². The Balaban J connectivity index is 1.16. The Morgan fingerprint density at radius 2 is 1.18 bits per heavy atom. The van der Waals surface area contributed by atoms with E-state index in [-0.39, 0.29) is 35.0 Å². The monoisotopic (exact) mass is 881 g/mol. The lowest BCUT2D eigenvalue weighted by molar-refractivity contribution is -0.239. The van der Waals surface area contributed by atoms with Gasteiger partial charge in [-0.2, -0.15) is 0 Å². The van der Waals surface area contributed by atoms with Gasteiger partial charge in [0.15, 0.2) is 29.3 Å². The van der Waals surface area contributed by atoms with Gasteiger partial charge in [-0.15, -0.1) is 0 Å². The summed E-state index contributed by atoms with van der Waals surface area (Å²) in [4.78, 5) is 55.3. The molecule has 2 N–H and O–H groups in total. The molecule has 66 heavy (non-hydrogen) atoms. The summed E-state index contributed by atoms with van der Waals surface area (Å²) in [6.45, 7) is -0.229. The van der Waals surface area contributed by atoms with Crippen molar-refractivity contribution in [3.8, 4) is 11.5 Å². The molecule has 14 heteroatoms. The Hall–Kier alpha value is -8.04. The smallest absolute Gasteiger partial charge is 0.338 e. The summed E-state index contributed by atoms with van der Waals surface area (Å²) < 4.78 is 32.7. The van der Waals surface area contributed by atoms with Crippen LogP contribution in [0.1, 0.15) is 59.8 Å². The Bertz CT molecular complexity index is 2910. The van der Waals surface area contributed by atoms with E-state index in [1.165, 1.54) is 10.9 Å². The number of hydrogen-bond donors (Lipinski definition) is 2. The number of ether oxygens (including phenoxy) is 5. The number of carbonyl (C=O) groups excluding carboxylic acids is 3. The van der Waals surface area contributed by atoms with Gasteiger partial charge in [-0.25, -0.2) is 19.7 Å². The molecule has 8 aromatic rings. The highest BCUT2D eigenvalue weighted by atomic mass is 16.6. The van der Waals surface area contributed by atoms with Crippen LogP contribution in [-0.2, 0) is 19.8 Å². The topological polar surface area (TPSA) is 173 Å². The van der Waals surface area contributed by atoms with Crippen molar-refractivity contribution >= 4 is 34.6 Å². The van der Waals surface area contributed by atoms with Gasteiger partial charge >= 0.3 is 5.97 Å². The van der Waals surface area contributed by atoms with Crippen molar-refractivity contribution in [2.24, 2.45) is 0 Å². The average molecular weight is 882 g/mol. The molecule has 3 heterocycles. The third-order valence-electron chi connectivity index (χ3n) is 11.4.